The van der Waals surface area contributed by atoms with Crippen LogP contribution >= 0.6 is 19.9 Å². The number of rotatable bonds is 8. The molecule has 3 aromatic carbocycles. The van der Waals surface area contributed by atoms with E-state index in [0.717, 1.165) is 11.1 Å². The molecule has 39 heavy (non-hydrogen) atoms. The Kier molecular flexibility index (Phi) is 9.52. The van der Waals surface area contributed by atoms with Crippen LogP contribution in [0.25, 0.3) is 0 Å². The highest BCUT2D eigenvalue weighted by Crippen LogP contribution is 2.43. The maximum atomic E-state index is 13.8. The summed E-state index contributed by atoms with van der Waals surface area (Å²) in [6.45, 7) is 8.47. The third-order valence-electron chi connectivity index (χ3n) is 6.55. The third kappa shape index (κ3) is 7.11. The van der Waals surface area contributed by atoms with Crippen LogP contribution in [0.2, 0.25) is 5.02 Å². The van der Waals surface area contributed by atoms with E-state index in [1.54, 1.807) is 47.4 Å². The molecule has 3 aromatic rings. The molecule has 2 amide bonds. The molecule has 1 aliphatic rings. The highest BCUT2D eigenvalue weighted by Gasteiger charge is 2.35. The lowest BCUT2D eigenvalue weighted by molar-refractivity contribution is 0.0984. The van der Waals surface area contributed by atoms with E-state index in [-0.39, 0.29) is 17.7 Å². The van der Waals surface area contributed by atoms with Gasteiger partial charge in [-0.15, -0.1) is 9.05 Å². The van der Waals surface area contributed by atoms with Crippen molar-refractivity contribution >= 4 is 43.0 Å². The number of carbonyl (C=O) groups is 2. The summed E-state index contributed by atoms with van der Waals surface area (Å²) in [6, 6.07) is 17.9. The van der Waals surface area contributed by atoms with Gasteiger partial charge in [0.05, 0.1) is 5.69 Å². The van der Waals surface area contributed by atoms with Gasteiger partial charge in [0.25, 0.3) is 11.8 Å². The number of hydrogen-bond acceptors (Lipinski definition) is 5. The van der Waals surface area contributed by atoms with Crippen LogP contribution in [0.4, 0.5) is 11.4 Å². The van der Waals surface area contributed by atoms with Crippen molar-refractivity contribution in [2.24, 2.45) is 5.92 Å². The highest BCUT2D eigenvalue weighted by molar-refractivity contribution is 7.33. The molecule has 1 aliphatic heterocycles. The van der Waals surface area contributed by atoms with Gasteiger partial charge in [0, 0.05) is 38.5 Å². The van der Waals surface area contributed by atoms with E-state index in [0.29, 0.717) is 59.1 Å². The predicted molar refractivity (Wildman–Crippen MR) is 155 cm³/mol. The lowest BCUT2D eigenvalue weighted by Gasteiger charge is -2.24. The molecule has 0 bridgehead atoms. The molecule has 0 spiro atoms. The highest BCUT2D eigenvalue weighted by atomic mass is 35.5. The molecule has 0 saturated heterocycles. The first-order valence-electron chi connectivity index (χ1n) is 13.0. The van der Waals surface area contributed by atoms with Crippen molar-refractivity contribution in [3.8, 4) is 0 Å². The first-order chi connectivity index (χ1) is 18.6. The van der Waals surface area contributed by atoms with E-state index in [2.05, 4.69) is 5.32 Å². The Labute approximate surface area is 235 Å². The third-order valence-corrected chi connectivity index (χ3v) is 7.57. The normalized spacial score (nSPS) is 15.5. The van der Waals surface area contributed by atoms with Crippen molar-refractivity contribution in [2.45, 2.75) is 46.6 Å². The Morgan fingerprint density at radius 3 is 2.54 bits per heavy atom. The van der Waals surface area contributed by atoms with Crippen LogP contribution < -0.4 is 10.2 Å². The first-order valence-corrected chi connectivity index (χ1v) is 14.5. The molecule has 0 aliphatic carbocycles. The minimum atomic E-state index is -2.32. The molecule has 204 valence electrons. The minimum Gasteiger partial charge on any atom is -0.322 e. The second kappa shape index (κ2) is 12.8. The number of carbonyl (C=O) groups excluding carboxylic acids is 2. The van der Waals surface area contributed by atoms with E-state index in [9.17, 15) is 14.2 Å². The van der Waals surface area contributed by atoms with Crippen molar-refractivity contribution in [2.75, 3.05) is 23.4 Å². The van der Waals surface area contributed by atoms with Crippen LogP contribution in [-0.2, 0) is 13.6 Å². The molecule has 7 nitrogen and oxygen atoms in total. The first kappa shape index (κ1) is 28.9. The molecule has 0 radical (unpaired) electrons. The lowest BCUT2D eigenvalue weighted by atomic mass is 10.0. The molecule has 1 heterocycles. The van der Waals surface area contributed by atoms with Gasteiger partial charge in [0.2, 0.25) is 0 Å². The standard InChI is InChI=1S/C30H32ClN2O5P/c1-19(2)18-37-39(36)38-28-10-7-15-33(27-14-11-22(31)17-26(27)28)30(35)25-13-12-23(16-21(25)4)32-29(34)24-9-6-5-8-20(24)3/h5-6,8-9,11-14,16-17,19,28H,7,10,15,18H2,1-4H3/p+1. The molecule has 9 heteroatoms. The zero-order valence-corrected chi connectivity index (χ0v) is 24.2. The number of aryl methyl sites for hydroxylation is 2. The van der Waals surface area contributed by atoms with Gasteiger partial charge < -0.3 is 10.2 Å². The van der Waals surface area contributed by atoms with Gasteiger partial charge >= 0.3 is 8.25 Å². The summed E-state index contributed by atoms with van der Waals surface area (Å²) in [5, 5.41) is 3.42. The van der Waals surface area contributed by atoms with Gasteiger partial charge in [-0.05, 0) is 86.2 Å². The van der Waals surface area contributed by atoms with Crippen LogP contribution in [0.1, 0.15) is 70.2 Å². The largest absolute Gasteiger partial charge is 0.698 e. The summed E-state index contributed by atoms with van der Waals surface area (Å²) in [5.41, 5.74) is 4.72. The minimum absolute atomic E-state index is 0.172. The van der Waals surface area contributed by atoms with Gasteiger partial charge in [0.1, 0.15) is 12.7 Å². The predicted octanol–water partition coefficient (Wildman–Crippen LogP) is 8.04. The Balaban J connectivity index is 1.56. The summed E-state index contributed by atoms with van der Waals surface area (Å²) < 4.78 is 23.7. The average Bonchev–Trinajstić information content (AvgIpc) is 3.06. The molecule has 1 N–H and O–H groups in total. The zero-order chi connectivity index (χ0) is 28.1. The van der Waals surface area contributed by atoms with E-state index in [1.165, 1.54) is 0 Å². The fourth-order valence-electron chi connectivity index (χ4n) is 4.56. The Morgan fingerprint density at radius 1 is 1.05 bits per heavy atom. The van der Waals surface area contributed by atoms with Crippen LogP contribution in [0.3, 0.4) is 0 Å². The number of amides is 2. The Morgan fingerprint density at radius 2 is 1.82 bits per heavy atom. The number of benzene rings is 3. The lowest BCUT2D eigenvalue weighted by Crippen LogP contribution is -2.32. The van der Waals surface area contributed by atoms with Crippen molar-refractivity contribution in [1.29, 1.82) is 0 Å². The Hall–Kier alpha value is -3.09. The number of halogens is 1. The van der Waals surface area contributed by atoms with E-state index in [4.69, 9.17) is 20.6 Å². The average molecular weight is 568 g/mol. The summed E-state index contributed by atoms with van der Waals surface area (Å²) >= 11 is 6.32. The van der Waals surface area contributed by atoms with Crippen LogP contribution in [0.5, 0.6) is 0 Å². The topological polar surface area (TPSA) is 84.9 Å². The maximum Gasteiger partial charge on any atom is 0.698 e. The smallest absolute Gasteiger partial charge is 0.322 e. The quantitative estimate of drug-likeness (QED) is 0.278. The molecular formula is C30H33ClN2O5P+. The summed E-state index contributed by atoms with van der Waals surface area (Å²) in [4.78, 5) is 28.3. The zero-order valence-electron chi connectivity index (χ0n) is 22.6. The molecule has 0 fully saturated rings. The van der Waals surface area contributed by atoms with Gasteiger partial charge in [-0.3, -0.25) is 9.59 Å². The fourth-order valence-corrected chi connectivity index (χ4v) is 5.65. The second-order valence-corrected chi connectivity index (χ2v) is 11.5. The van der Waals surface area contributed by atoms with Gasteiger partial charge in [-0.2, -0.15) is 0 Å². The maximum absolute atomic E-state index is 13.8. The van der Waals surface area contributed by atoms with E-state index < -0.39 is 14.4 Å². The Bertz CT molecular complexity index is 1390. The molecule has 2 atom stereocenters. The molecule has 4 rings (SSSR count). The van der Waals surface area contributed by atoms with Crippen molar-refractivity contribution in [3.63, 3.8) is 0 Å². The van der Waals surface area contributed by atoms with Gasteiger partial charge in [-0.1, -0.05) is 43.6 Å². The van der Waals surface area contributed by atoms with Crippen LogP contribution in [-0.4, -0.2) is 25.0 Å². The number of nitrogens with one attached hydrogen (secondary N) is 1. The van der Waals surface area contributed by atoms with Gasteiger partial charge in [-0.25, -0.2) is 0 Å². The molecule has 2 unspecified atom stereocenters. The molecule has 0 saturated carbocycles. The van der Waals surface area contributed by atoms with E-state index in [1.807, 2.05) is 45.9 Å². The molecule has 0 aromatic heterocycles. The van der Waals surface area contributed by atoms with Crippen LogP contribution in [0.15, 0.2) is 60.7 Å². The summed E-state index contributed by atoms with van der Waals surface area (Å²) in [5.74, 6) is -0.150. The van der Waals surface area contributed by atoms with Gasteiger partial charge in [0.15, 0.2) is 0 Å². The molecular weight excluding hydrogens is 535 g/mol. The summed E-state index contributed by atoms with van der Waals surface area (Å²) in [7, 11) is -2.32. The van der Waals surface area contributed by atoms with Crippen LogP contribution in [0, 0.1) is 19.8 Å². The SMILES string of the molecule is Cc1ccccc1C(=O)Nc1ccc(C(=O)N2CCCC(O[P+](=O)OCC(C)C)c3cc(Cl)ccc32)c(C)c1. The number of anilines is 2. The fraction of sp³-hybridized carbons (Fsp3) is 0.333. The second-order valence-electron chi connectivity index (χ2n) is 10.1. The number of nitrogens with zero attached hydrogens (tertiary/aromatic N) is 1. The van der Waals surface area contributed by atoms with Crippen molar-refractivity contribution in [1.82, 2.24) is 0 Å². The summed E-state index contributed by atoms with van der Waals surface area (Å²) in [6.07, 6.45) is 0.679. The number of fused-ring (bicyclic) bond motifs is 1. The van der Waals surface area contributed by atoms with E-state index >= 15 is 0 Å². The van der Waals surface area contributed by atoms with Crippen molar-refractivity contribution in [3.05, 3.63) is 93.5 Å². The van der Waals surface area contributed by atoms with Crippen molar-refractivity contribution < 1.29 is 23.2 Å². The monoisotopic (exact) mass is 567 g/mol. The number of hydrogen-bond donors (Lipinski definition) is 1.